The number of carbonyl (C=O) groups excluding carboxylic acids is 1. The number of piperidine rings is 1. The van der Waals surface area contributed by atoms with Crippen LogP contribution in [0.3, 0.4) is 0 Å². The van der Waals surface area contributed by atoms with Gasteiger partial charge in [-0.3, -0.25) is 4.79 Å². The van der Waals surface area contributed by atoms with Gasteiger partial charge in [0.25, 0.3) is 0 Å². The fourth-order valence-electron chi connectivity index (χ4n) is 3.29. The Morgan fingerprint density at radius 2 is 1.76 bits per heavy atom. The van der Waals surface area contributed by atoms with Gasteiger partial charge in [0.2, 0.25) is 5.91 Å². The van der Waals surface area contributed by atoms with Gasteiger partial charge in [0, 0.05) is 26.6 Å². The summed E-state index contributed by atoms with van der Waals surface area (Å²) in [5.41, 5.74) is 0. The molecule has 0 unspecified atom stereocenters. The van der Waals surface area contributed by atoms with E-state index >= 15 is 0 Å². The van der Waals surface area contributed by atoms with E-state index in [0.717, 1.165) is 18.5 Å². The van der Waals surface area contributed by atoms with Gasteiger partial charge in [0.1, 0.15) is 0 Å². The largest absolute Gasteiger partial charge is 0.346 e. The fraction of sp³-hybridized carbons (Fsp3) is 0.929. The molecule has 1 saturated heterocycles. The SMILES string of the molecule is CC(=O)N(C)CC1CCN(C2CCCC2)CC1. The molecule has 3 nitrogen and oxygen atoms in total. The van der Waals surface area contributed by atoms with Gasteiger partial charge < -0.3 is 9.80 Å². The second-order valence-electron chi connectivity index (χ2n) is 5.82. The van der Waals surface area contributed by atoms with E-state index in [0.29, 0.717) is 0 Å². The quantitative estimate of drug-likeness (QED) is 0.752. The Balaban J connectivity index is 1.72. The molecule has 0 bridgehead atoms. The zero-order valence-electron chi connectivity index (χ0n) is 11.3. The first kappa shape index (κ1) is 12.9. The van der Waals surface area contributed by atoms with E-state index in [1.165, 1.54) is 51.6 Å². The second kappa shape index (κ2) is 5.85. The maximum Gasteiger partial charge on any atom is 0.219 e. The number of nitrogens with zero attached hydrogens (tertiary/aromatic N) is 2. The minimum atomic E-state index is 0.197. The normalized spacial score (nSPS) is 24.1. The summed E-state index contributed by atoms with van der Waals surface area (Å²) in [5, 5.41) is 0. The summed E-state index contributed by atoms with van der Waals surface area (Å²) in [6, 6.07) is 0.876. The van der Waals surface area contributed by atoms with Crippen molar-refractivity contribution in [1.29, 1.82) is 0 Å². The van der Waals surface area contributed by atoms with Crippen molar-refractivity contribution < 1.29 is 4.79 Å². The van der Waals surface area contributed by atoms with Crippen LogP contribution in [-0.2, 0) is 4.79 Å². The third kappa shape index (κ3) is 3.44. The van der Waals surface area contributed by atoms with Gasteiger partial charge in [0.15, 0.2) is 0 Å². The lowest BCUT2D eigenvalue weighted by molar-refractivity contribution is -0.128. The Bertz CT molecular complexity index is 253. The highest BCUT2D eigenvalue weighted by Crippen LogP contribution is 2.27. The fourth-order valence-corrected chi connectivity index (χ4v) is 3.29. The first-order valence-electron chi connectivity index (χ1n) is 7.12. The lowest BCUT2D eigenvalue weighted by Crippen LogP contribution is -2.42. The van der Waals surface area contributed by atoms with E-state index in [-0.39, 0.29) is 5.91 Å². The minimum absolute atomic E-state index is 0.197. The van der Waals surface area contributed by atoms with Gasteiger partial charge in [-0.05, 0) is 44.7 Å². The highest BCUT2D eigenvalue weighted by molar-refractivity contribution is 5.72. The summed E-state index contributed by atoms with van der Waals surface area (Å²) < 4.78 is 0. The van der Waals surface area contributed by atoms with Crippen LogP contribution in [0.2, 0.25) is 0 Å². The average molecular weight is 238 g/mol. The van der Waals surface area contributed by atoms with E-state index < -0.39 is 0 Å². The van der Waals surface area contributed by atoms with Crippen LogP contribution in [-0.4, -0.2) is 48.4 Å². The van der Waals surface area contributed by atoms with E-state index in [9.17, 15) is 4.79 Å². The van der Waals surface area contributed by atoms with Crippen molar-refractivity contribution in [3.8, 4) is 0 Å². The van der Waals surface area contributed by atoms with Crippen molar-refractivity contribution in [2.75, 3.05) is 26.7 Å². The molecule has 98 valence electrons. The van der Waals surface area contributed by atoms with E-state index in [1.807, 2.05) is 11.9 Å². The first-order chi connectivity index (χ1) is 8.16. The predicted octanol–water partition coefficient (Wildman–Crippen LogP) is 2.12. The molecule has 0 radical (unpaired) electrons. The monoisotopic (exact) mass is 238 g/mol. The smallest absolute Gasteiger partial charge is 0.219 e. The van der Waals surface area contributed by atoms with Crippen LogP contribution in [0.1, 0.15) is 45.4 Å². The highest BCUT2D eigenvalue weighted by Gasteiger charge is 2.27. The summed E-state index contributed by atoms with van der Waals surface area (Å²) in [6.45, 7) is 5.11. The third-order valence-electron chi connectivity index (χ3n) is 4.56. The molecule has 2 rings (SSSR count). The number of amides is 1. The Kier molecular flexibility index (Phi) is 4.43. The minimum Gasteiger partial charge on any atom is -0.346 e. The molecule has 1 amide bonds. The molecule has 1 saturated carbocycles. The van der Waals surface area contributed by atoms with E-state index in [1.54, 1.807) is 6.92 Å². The van der Waals surface area contributed by atoms with Crippen LogP contribution >= 0.6 is 0 Å². The number of likely N-dealkylation sites (tertiary alicyclic amines) is 1. The molecule has 0 aromatic carbocycles. The number of rotatable bonds is 3. The molecule has 0 spiro atoms. The summed E-state index contributed by atoms with van der Waals surface area (Å²) in [4.78, 5) is 15.8. The van der Waals surface area contributed by atoms with Gasteiger partial charge in [-0.1, -0.05) is 12.8 Å². The molecule has 1 aliphatic carbocycles. The Morgan fingerprint density at radius 1 is 1.18 bits per heavy atom. The molecule has 0 aromatic heterocycles. The maximum absolute atomic E-state index is 11.2. The zero-order chi connectivity index (χ0) is 12.3. The van der Waals surface area contributed by atoms with Crippen LogP contribution in [0.25, 0.3) is 0 Å². The van der Waals surface area contributed by atoms with Crippen molar-refractivity contribution in [3.63, 3.8) is 0 Å². The molecule has 0 atom stereocenters. The molecule has 1 aliphatic heterocycles. The second-order valence-corrected chi connectivity index (χ2v) is 5.82. The van der Waals surface area contributed by atoms with Gasteiger partial charge in [-0.25, -0.2) is 0 Å². The average Bonchev–Trinajstić information content (AvgIpc) is 2.83. The number of hydrogen-bond donors (Lipinski definition) is 0. The van der Waals surface area contributed by atoms with E-state index in [4.69, 9.17) is 0 Å². The molecule has 2 aliphatic rings. The van der Waals surface area contributed by atoms with Crippen LogP contribution < -0.4 is 0 Å². The lowest BCUT2D eigenvalue weighted by Gasteiger charge is -2.37. The highest BCUT2D eigenvalue weighted by atomic mass is 16.2. The zero-order valence-corrected chi connectivity index (χ0v) is 11.3. The molecule has 17 heavy (non-hydrogen) atoms. The van der Waals surface area contributed by atoms with Crippen LogP contribution in [0.5, 0.6) is 0 Å². The standard InChI is InChI=1S/C14H26N2O/c1-12(17)15(2)11-13-7-9-16(10-8-13)14-5-3-4-6-14/h13-14H,3-11H2,1-2H3. The molecular weight excluding hydrogens is 212 g/mol. The topological polar surface area (TPSA) is 23.6 Å². The van der Waals surface area contributed by atoms with Crippen molar-refractivity contribution in [3.05, 3.63) is 0 Å². The van der Waals surface area contributed by atoms with Crippen LogP contribution in [0, 0.1) is 5.92 Å². The van der Waals surface area contributed by atoms with Crippen molar-refractivity contribution in [1.82, 2.24) is 9.80 Å². The number of hydrogen-bond acceptors (Lipinski definition) is 2. The summed E-state index contributed by atoms with van der Waals surface area (Å²) in [7, 11) is 1.92. The van der Waals surface area contributed by atoms with E-state index in [2.05, 4.69) is 4.90 Å². The molecule has 3 heteroatoms. The van der Waals surface area contributed by atoms with Gasteiger partial charge >= 0.3 is 0 Å². The van der Waals surface area contributed by atoms with Crippen LogP contribution in [0.4, 0.5) is 0 Å². The lowest BCUT2D eigenvalue weighted by atomic mass is 9.95. The van der Waals surface area contributed by atoms with Gasteiger partial charge in [-0.15, -0.1) is 0 Å². The molecule has 0 N–H and O–H groups in total. The Hall–Kier alpha value is -0.570. The van der Waals surface area contributed by atoms with Crippen molar-refractivity contribution in [2.24, 2.45) is 5.92 Å². The summed E-state index contributed by atoms with van der Waals surface area (Å²) in [6.07, 6.45) is 8.23. The Morgan fingerprint density at radius 3 is 2.29 bits per heavy atom. The first-order valence-corrected chi connectivity index (χ1v) is 7.12. The van der Waals surface area contributed by atoms with Crippen molar-refractivity contribution in [2.45, 2.75) is 51.5 Å². The summed E-state index contributed by atoms with van der Waals surface area (Å²) in [5.74, 6) is 0.921. The van der Waals surface area contributed by atoms with Crippen LogP contribution in [0.15, 0.2) is 0 Å². The third-order valence-corrected chi connectivity index (χ3v) is 4.56. The van der Waals surface area contributed by atoms with Gasteiger partial charge in [0.05, 0.1) is 0 Å². The molecule has 0 aromatic rings. The maximum atomic E-state index is 11.2. The Labute approximate surface area is 105 Å². The molecule has 2 fully saturated rings. The predicted molar refractivity (Wildman–Crippen MR) is 69.9 cm³/mol. The number of carbonyl (C=O) groups is 1. The van der Waals surface area contributed by atoms with Crippen molar-refractivity contribution >= 4 is 5.91 Å². The summed E-state index contributed by atoms with van der Waals surface area (Å²) >= 11 is 0. The molecule has 1 heterocycles. The molecular formula is C14H26N2O. The van der Waals surface area contributed by atoms with Gasteiger partial charge in [-0.2, -0.15) is 0 Å².